The highest BCUT2D eigenvalue weighted by Crippen LogP contribution is 2.33. The summed E-state index contributed by atoms with van der Waals surface area (Å²) in [6, 6.07) is 19.5. The van der Waals surface area contributed by atoms with Gasteiger partial charge in [0.2, 0.25) is 0 Å². The Labute approximate surface area is 154 Å². The smallest absolute Gasteiger partial charge is 0.319 e. The lowest BCUT2D eigenvalue weighted by Crippen LogP contribution is -2.54. The highest BCUT2D eigenvalue weighted by molar-refractivity contribution is 6.16. The first-order valence-electron chi connectivity index (χ1n) is 8.18. The number of amidine groups is 1. The van der Waals surface area contributed by atoms with Gasteiger partial charge in [0.25, 0.3) is 11.8 Å². The summed E-state index contributed by atoms with van der Waals surface area (Å²) >= 11 is 0. The number of hydrogen-bond donors (Lipinski definition) is 1. The number of carbonyl (C=O) groups excluding carboxylic acids is 2. The molecule has 0 spiro atoms. The molecule has 1 aromatic heterocycles. The van der Waals surface area contributed by atoms with Gasteiger partial charge in [-0.2, -0.15) is 10.0 Å². The largest absolute Gasteiger partial charge is 0.479 e. The third-order valence-electron chi connectivity index (χ3n) is 4.02. The maximum Gasteiger partial charge on any atom is 0.319 e. The van der Waals surface area contributed by atoms with E-state index in [9.17, 15) is 14.7 Å². The molecule has 3 aromatic rings. The zero-order chi connectivity index (χ0) is 18.8. The molecule has 7 heteroatoms. The van der Waals surface area contributed by atoms with Gasteiger partial charge in [-0.1, -0.05) is 36.4 Å². The number of anilines is 1. The maximum atomic E-state index is 13.2. The predicted molar refractivity (Wildman–Crippen MR) is 99.8 cm³/mol. The topological polar surface area (TPSA) is 86.1 Å². The number of aliphatic hydroxyl groups is 1. The molecule has 0 fully saturated rings. The van der Waals surface area contributed by atoms with Crippen LogP contribution in [0.1, 0.15) is 20.7 Å². The van der Waals surface area contributed by atoms with Crippen molar-refractivity contribution < 1.29 is 14.7 Å². The van der Waals surface area contributed by atoms with E-state index in [1.54, 1.807) is 72.8 Å². The first kappa shape index (κ1) is 16.5. The van der Waals surface area contributed by atoms with E-state index in [-0.39, 0.29) is 5.82 Å². The van der Waals surface area contributed by atoms with Gasteiger partial charge in [-0.05, 0) is 36.4 Å². The first-order chi connectivity index (χ1) is 13.2. The van der Waals surface area contributed by atoms with E-state index in [1.807, 2.05) is 0 Å². The van der Waals surface area contributed by atoms with E-state index in [0.29, 0.717) is 16.8 Å². The zero-order valence-electron chi connectivity index (χ0n) is 14.1. The molecule has 1 N–H and O–H groups in total. The summed E-state index contributed by atoms with van der Waals surface area (Å²) < 4.78 is 0. The van der Waals surface area contributed by atoms with Crippen LogP contribution in [-0.4, -0.2) is 32.9 Å². The second-order valence-electron chi connectivity index (χ2n) is 5.72. The molecule has 0 atom stereocenters. The summed E-state index contributed by atoms with van der Waals surface area (Å²) in [5, 5.41) is 12.4. The lowest BCUT2D eigenvalue weighted by molar-refractivity contribution is 0.0746. The van der Waals surface area contributed by atoms with Crippen LogP contribution in [0.3, 0.4) is 0 Å². The molecule has 4 rings (SSSR count). The number of hydrogen-bond acceptors (Lipinski definition) is 4. The van der Waals surface area contributed by atoms with E-state index in [4.69, 9.17) is 0 Å². The van der Waals surface area contributed by atoms with Crippen LogP contribution < -0.4 is 5.01 Å². The summed E-state index contributed by atoms with van der Waals surface area (Å²) in [6.45, 7) is 0. The molecule has 27 heavy (non-hydrogen) atoms. The van der Waals surface area contributed by atoms with Crippen molar-refractivity contribution in [1.29, 1.82) is 0 Å². The van der Waals surface area contributed by atoms with Gasteiger partial charge in [0.1, 0.15) is 5.69 Å². The van der Waals surface area contributed by atoms with E-state index in [0.717, 1.165) is 10.0 Å². The minimum atomic E-state index is -0.626. The highest BCUT2D eigenvalue weighted by Gasteiger charge is 2.38. The first-order valence-corrected chi connectivity index (χ1v) is 8.18. The Hall–Kier alpha value is -4.00. The predicted octanol–water partition coefficient (Wildman–Crippen LogP) is 3.34. The van der Waals surface area contributed by atoms with Crippen molar-refractivity contribution in [3.05, 3.63) is 90.1 Å². The van der Waals surface area contributed by atoms with Gasteiger partial charge in [-0.15, -0.1) is 0 Å². The second kappa shape index (κ2) is 6.72. The van der Waals surface area contributed by atoms with Gasteiger partial charge >= 0.3 is 6.02 Å². The average molecular weight is 358 g/mol. The fraction of sp³-hybridized carbons (Fsp3) is 0. The van der Waals surface area contributed by atoms with Crippen molar-refractivity contribution >= 4 is 29.3 Å². The average Bonchev–Trinajstić information content (AvgIpc) is 2.73. The summed E-state index contributed by atoms with van der Waals surface area (Å²) in [5.74, 6) is -0.928. The quantitative estimate of drug-likeness (QED) is 0.761. The molecular formula is C20H14N4O3. The van der Waals surface area contributed by atoms with Crippen LogP contribution in [0.5, 0.6) is 0 Å². The zero-order valence-corrected chi connectivity index (χ0v) is 14.1. The number of carbonyl (C=O) groups is 2. The molecule has 2 aromatic carbocycles. The number of nitrogens with zero attached hydrogens (tertiary/aromatic N) is 4. The number of benzene rings is 2. The number of aliphatic hydroxyl groups excluding tert-OH is 1. The van der Waals surface area contributed by atoms with E-state index < -0.39 is 17.8 Å². The van der Waals surface area contributed by atoms with Crippen LogP contribution in [0.15, 0.2) is 84.0 Å². The molecule has 7 nitrogen and oxygen atoms in total. The molecule has 2 heterocycles. The standard InChI is InChI=1S/C20H14N4O3/c25-18(14-8-3-1-4-9-14)23-16-12-7-13-21-17(16)22-20(27)24(23)19(26)15-10-5-2-6-11-15/h1-13H,(H,21,22,27). The Morgan fingerprint density at radius 2 is 1.30 bits per heavy atom. The lowest BCUT2D eigenvalue weighted by atomic mass is 10.2. The van der Waals surface area contributed by atoms with E-state index in [1.165, 1.54) is 6.20 Å². The summed E-state index contributed by atoms with van der Waals surface area (Å²) in [4.78, 5) is 34.3. The molecule has 132 valence electrons. The number of rotatable bonds is 2. The molecule has 0 saturated heterocycles. The number of pyridine rings is 1. The minimum Gasteiger partial charge on any atom is -0.479 e. The Morgan fingerprint density at radius 3 is 1.89 bits per heavy atom. The molecule has 0 saturated carbocycles. The molecule has 1 aliphatic rings. The second-order valence-corrected chi connectivity index (χ2v) is 5.72. The summed E-state index contributed by atoms with van der Waals surface area (Å²) in [7, 11) is 0. The number of aliphatic imine (C=N–C) groups is 1. The van der Waals surface area contributed by atoms with Crippen LogP contribution >= 0.6 is 0 Å². The Bertz CT molecular complexity index is 1040. The summed E-state index contributed by atoms with van der Waals surface area (Å²) in [6.07, 6.45) is 1.50. The van der Waals surface area contributed by atoms with E-state index in [2.05, 4.69) is 9.98 Å². The lowest BCUT2D eigenvalue weighted by Gasteiger charge is -2.35. The normalized spacial score (nSPS) is 13.0. The molecular weight excluding hydrogens is 344 g/mol. The van der Waals surface area contributed by atoms with Gasteiger partial charge in [-0.25, -0.2) is 9.99 Å². The monoisotopic (exact) mass is 358 g/mol. The molecule has 0 radical (unpaired) electrons. The van der Waals surface area contributed by atoms with E-state index >= 15 is 0 Å². The maximum absolute atomic E-state index is 13.2. The fourth-order valence-electron chi connectivity index (χ4n) is 2.77. The van der Waals surface area contributed by atoms with Crippen molar-refractivity contribution in [3.8, 4) is 0 Å². The number of aromatic nitrogens is 1. The van der Waals surface area contributed by atoms with Crippen LogP contribution in [0.2, 0.25) is 0 Å². The van der Waals surface area contributed by atoms with Crippen molar-refractivity contribution in [2.45, 2.75) is 0 Å². The van der Waals surface area contributed by atoms with Gasteiger partial charge in [0.15, 0.2) is 5.82 Å². The SMILES string of the molecule is O=C(c1ccccc1)N1C(O)=Nc2ncccc2N1C(=O)c1ccccc1. The van der Waals surface area contributed by atoms with Gasteiger partial charge < -0.3 is 5.11 Å². The minimum absolute atomic E-state index is 0.149. The Kier molecular flexibility index (Phi) is 4.10. The molecule has 0 aliphatic carbocycles. The van der Waals surface area contributed by atoms with Crippen LogP contribution in [0, 0.1) is 0 Å². The van der Waals surface area contributed by atoms with Gasteiger partial charge in [0, 0.05) is 17.3 Å². The highest BCUT2D eigenvalue weighted by atomic mass is 16.3. The number of amides is 2. The van der Waals surface area contributed by atoms with Gasteiger partial charge in [0.05, 0.1) is 0 Å². The van der Waals surface area contributed by atoms with Crippen molar-refractivity contribution in [3.63, 3.8) is 0 Å². The molecule has 1 aliphatic heterocycles. The Balaban J connectivity index is 1.85. The third kappa shape index (κ3) is 2.91. The van der Waals surface area contributed by atoms with Gasteiger partial charge in [-0.3, -0.25) is 9.59 Å². The van der Waals surface area contributed by atoms with Crippen LogP contribution in [0.4, 0.5) is 11.5 Å². The van der Waals surface area contributed by atoms with Crippen LogP contribution in [-0.2, 0) is 0 Å². The van der Waals surface area contributed by atoms with Crippen molar-refractivity contribution in [1.82, 2.24) is 9.99 Å². The van der Waals surface area contributed by atoms with Crippen molar-refractivity contribution in [2.75, 3.05) is 5.01 Å². The molecule has 2 amide bonds. The molecule has 0 bridgehead atoms. The fourth-order valence-corrected chi connectivity index (χ4v) is 2.77. The molecule has 0 unspecified atom stereocenters. The Morgan fingerprint density at radius 1 is 0.741 bits per heavy atom. The van der Waals surface area contributed by atoms with Crippen molar-refractivity contribution in [2.24, 2.45) is 4.99 Å². The number of hydrazine groups is 1. The third-order valence-corrected chi connectivity index (χ3v) is 4.02. The number of fused-ring (bicyclic) bond motifs is 1. The van der Waals surface area contributed by atoms with Crippen LogP contribution in [0.25, 0.3) is 0 Å². The summed E-state index contributed by atoms with van der Waals surface area (Å²) in [5.41, 5.74) is 0.957.